The molecule has 0 bridgehead atoms. The molecule has 0 saturated heterocycles. The van der Waals surface area contributed by atoms with E-state index in [2.05, 4.69) is 154 Å². The lowest BCUT2D eigenvalue weighted by molar-refractivity contribution is -0.142. The first-order valence-electron chi connectivity index (χ1n) is 23.6. The van der Waals surface area contributed by atoms with Gasteiger partial charge >= 0.3 is 12.4 Å². The van der Waals surface area contributed by atoms with Gasteiger partial charge in [0.05, 0.1) is 50.5 Å². The third-order valence-corrected chi connectivity index (χ3v) is 13.9. The number of hydrogen-bond donors (Lipinski definition) is 0. The number of fused-ring (bicyclic) bond motifs is 6. The predicted octanol–water partition coefficient (Wildman–Crippen LogP) is 18.3. The summed E-state index contributed by atoms with van der Waals surface area (Å²) in [6.07, 6.45) is -10.2. The number of halogens is 6. The van der Waals surface area contributed by atoms with Crippen LogP contribution >= 0.6 is 0 Å². The number of rotatable bonds is 4. The van der Waals surface area contributed by atoms with E-state index in [9.17, 15) is 31.6 Å². The molecule has 0 N–H and O–H groups in total. The smallest absolute Gasteiger partial charge is 0.309 e. The summed E-state index contributed by atoms with van der Waals surface area (Å²) in [7, 11) is 0. The second-order valence-corrected chi connectivity index (χ2v) is 22.9. The lowest BCUT2D eigenvalue weighted by atomic mass is 9.85. The van der Waals surface area contributed by atoms with Gasteiger partial charge in [-0.05, 0) is 140 Å². The van der Waals surface area contributed by atoms with Crippen molar-refractivity contribution in [3.8, 4) is 39.7 Å². The Balaban J connectivity index is 1.42. The van der Waals surface area contributed by atoms with Crippen LogP contribution in [0.4, 0.5) is 26.3 Å². The van der Waals surface area contributed by atoms with Crippen molar-refractivity contribution in [1.82, 2.24) is 9.13 Å². The van der Waals surface area contributed by atoms with Crippen molar-refractivity contribution in [3.05, 3.63) is 166 Å². The fraction of sp³-hybridized carbons (Fsp3) is 0.295. The number of hydrogen-bond acceptors (Lipinski definition) is 1. The maximum atomic E-state index is 15.0. The van der Waals surface area contributed by atoms with Crippen molar-refractivity contribution in [3.63, 3.8) is 0 Å². The average Bonchev–Trinajstić information content (AvgIpc) is 3.78. The zero-order valence-corrected chi connectivity index (χ0v) is 41.7. The standard InChI is InChI=1S/C61H57F6N3/c1-56(2,3)37-18-24-50-44(29-37)45-30-38(57(4,5)6)19-25-51(45)69(50)41-22-16-36(34-68)42(33-41)43-28-35(55-48(60(62,63)64)14-13-15-49(55)61(65,66)67)17-23-52(43)70-53-26-20-39(58(7,8)9)31-46(53)47-32-40(59(10,11)12)21-27-54(47)70/h13-33H,1-12H3. The Morgan fingerprint density at radius 3 is 1.14 bits per heavy atom. The molecule has 0 atom stereocenters. The van der Waals surface area contributed by atoms with Crippen LogP contribution in [0.3, 0.4) is 0 Å². The normalized spacial score (nSPS) is 13.3. The van der Waals surface area contributed by atoms with Crippen LogP contribution in [0.25, 0.3) is 77.2 Å². The van der Waals surface area contributed by atoms with Crippen LogP contribution in [0.5, 0.6) is 0 Å². The van der Waals surface area contributed by atoms with Crippen molar-refractivity contribution in [2.24, 2.45) is 0 Å². The number of nitrogens with zero attached hydrogens (tertiary/aromatic N) is 3. The molecular weight excluding hydrogens is 889 g/mol. The molecule has 0 saturated carbocycles. The fourth-order valence-electron chi connectivity index (χ4n) is 9.88. The van der Waals surface area contributed by atoms with Gasteiger partial charge < -0.3 is 9.13 Å². The van der Waals surface area contributed by atoms with E-state index in [-0.39, 0.29) is 38.4 Å². The Morgan fingerprint density at radius 2 is 0.786 bits per heavy atom. The maximum absolute atomic E-state index is 15.0. The summed E-state index contributed by atoms with van der Waals surface area (Å²) in [6, 6.07) is 39.6. The van der Waals surface area contributed by atoms with Crippen LogP contribution in [-0.2, 0) is 34.0 Å². The predicted molar refractivity (Wildman–Crippen MR) is 276 cm³/mol. The summed E-state index contributed by atoms with van der Waals surface area (Å²) < 4.78 is 93.9. The first-order valence-corrected chi connectivity index (χ1v) is 23.6. The van der Waals surface area contributed by atoms with Crippen molar-refractivity contribution in [2.75, 3.05) is 0 Å². The topological polar surface area (TPSA) is 33.6 Å². The zero-order chi connectivity index (χ0) is 50.8. The highest BCUT2D eigenvalue weighted by Gasteiger charge is 2.41. The molecule has 2 heterocycles. The van der Waals surface area contributed by atoms with E-state index in [1.54, 1.807) is 12.1 Å². The molecule has 0 aliphatic rings. The molecule has 0 radical (unpaired) electrons. The summed E-state index contributed by atoms with van der Waals surface area (Å²) in [5, 5.41) is 14.9. The van der Waals surface area contributed by atoms with Crippen LogP contribution in [0.2, 0.25) is 0 Å². The molecule has 358 valence electrons. The van der Waals surface area contributed by atoms with Crippen molar-refractivity contribution in [2.45, 2.75) is 117 Å². The summed E-state index contributed by atoms with van der Waals surface area (Å²) >= 11 is 0. The molecule has 7 aromatic carbocycles. The van der Waals surface area contributed by atoms with E-state index >= 15 is 0 Å². The van der Waals surface area contributed by atoms with Crippen molar-refractivity contribution >= 4 is 43.6 Å². The van der Waals surface area contributed by atoms with Crippen LogP contribution in [0, 0.1) is 11.3 Å². The third kappa shape index (κ3) is 8.33. The van der Waals surface area contributed by atoms with E-state index < -0.39 is 29.0 Å². The number of benzene rings is 7. The minimum Gasteiger partial charge on any atom is -0.309 e. The highest BCUT2D eigenvalue weighted by molar-refractivity contribution is 6.12. The van der Waals surface area contributed by atoms with Gasteiger partial charge in [0.1, 0.15) is 0 Å². The van der Waals surface area contributed by atoms with Crippen LogP contribution in [-0.4, -0.2) is 9.13 Å². The SMILES string of the molecule is CC(C)(C)c1ccc2c(c1)c1cc(C(C)(C)C)ccc1n2-c1ccc(C#N)c(-c2cc(-c3c(C(F)(F)F)cccc3C(F)(F)F)ccc2-n2c3ccc(C(C)(C)C)cc3c3cc(C(C)(C)C)ccc32)c1. The van der Waals surface area contributed by atoms with E-state index in [1.165, 1.54) is 12.1 Å². The Morgan fingerprint density at radius 1 is 0.400 bits per heavy atom. The third-order valence-electron chi connectivity index (χ3n) is 13.9. The quantitative estimate of drug-likeness (QED) is 0.162. The van der Waals surface area contributed by atoms with Gasteiger partial charge in [0.2, 0.25) is 0 Å². The van der Waals surface area contributed by atoms with E-state index in [4.69, 9.17) is 0 Å². The van der Waals surface area contributed by atoms with Gasteiger partial charge in [-0.15, -0.1) is 0 Å². The molecule has 0 unspecified atom stereocenters. The van der Waals surface area contributed by atoms with E-state index in [1.807, 2.05) is 28.8 Å². The summed E-state index contributed by atoms with van der Waals surface area (Å²) in [4.78, 5) is 0. The highest BCUT2D eigenvalue weighted by atomic mass is 19.4. The molecule has 0 fully saturated rings. The molecule has 3 nitrogen and oxygen atoms in total. The van der Waals surface area contributed by atoms with Crippen LogP contribution < -0.4 is 0 Å². The van der Waals surface area contributed by atoms with Crippen molar-refractivity contribution in [1.29, 1.82) is 5.26 Å². The van der Waals surface area contributed by atoms with Crippen LogP contribution in [0.1, 0.15) is 122 Å². The zero-order valence-electron chi connectivity index (χ0n) is 41.7. The lowest BCUT2D eigenvalue weighted by Gasteiger charge is -2.22. The molecule has 0 aliphatic heterocycles. The largest absolute Gasteiger partial charge is 0.417 e. The lowest BCUT2D eigenvalue weighted by Crippen LogP contribution is -2.14. The molecule has 0 amide bonds. The van der Waals surface area contributed by atoms with Gasteiger partial charge in [0.15, 0.2) is 0 Å². The second-order valence-electron chi connectivity index (χ2n) is 22.9. The fourth-order valence-corrected chi connectivity index (χ4v) is 9.88. The number of nitriles is 1. The van der Waals surface area contributed by atoms with Crippen molar-refractivity contribution < 1.29 is 26.3 Å². The second kappa shape index (κ2) is 16.1. The minimum absolute atomic E-state index is 0.153. The van der Waals surface area contributed by atoms with Gasteiger partial charge in [-0.2, -0.15) is 31.6 Å². The Bertz CT molecular complexity index is 3440. The van der Waals surface area contributed by atoms with Gasteiger partial charge in [0, 0.05) is 43.9 Å². The minimum atomic E-state index is -5.12. The maximum Gasteiger partial charge on any atom is 0.417 e. The molecule has 0 aliphatic carbocycles. The molecule has 9 heteroatoms. The Kier molecular flexibility index (Phi) is 11.1. The molecule has 2 aromatic heterocycles. The highest BCUT2D eigenvalue weighted by Crippen LogP contribution is 2.48. The van der Waals surface area contributed by atoms with Gasteiger partial charge in [-0.25, -0.2) is 0 Å². The van der Waals surface area contributed by atoms with E-state index in [0.717, 1.165) is 71.9 Å². The van der Waals surface area contributed by atoms with Gasteiger partial charge in [0.25, 0.3) is 0 Å². The summed E-state index contributed by atoms with van der Waals surface area (Å²) in [5.74, 6) is 0. The number of aromatic nitrogens is 2. The first-order chi connectivity index (χ1) is 32.5. The molecule has 70 heavy (non-hydrogen) atoms. The Labute approximate surface area is 406 Å². The van der Waals surface area contributed by atoms with Crippen LogP contribution in [0.15, 0.2) is 127 Å². The summed E-state index contributed by atoms with van der Waals surface area (Å²) in [5.41, 5.74) is 5.00. The Hall–Kier alpha value is -6.79. The van der Waals surface area contributed by atoms with Gasteiger partial charge in [-0.3, -0.25) is 0 Å². The monoisotopic (exact) mass is 945 g/mol. The molecule has 0 spiro atoms. The van der Waals surface area contributed by atoms with E-state index in [0.29, 0.717) is 29.1 Å². The first kappa shape index (κ1) is 48.2. The van der Waals surface area contributed by atoms with Gasteiger partial charge in [-0.1, -0.05) is 119 Å². The number of alkyl halides is 6. The molecule has 9 rings (SSSR count). The summed E-state index contributed by atoms with van der Waals surface area (Å²) in [6.45, 7) is 25.8. The molecule has 9 aromatic rings. The average molecular weight is 946 g/mol. The molecular formula is C61H57F6N3.